The molecule has 0 bridgehead atoms. The molecule has 1 aromatic rings. The lowest BCUT2D eigenvalue weighted by Gasteiger charge is -1.85. The SMILES string of the molecule is CCc1ccc(C=NN=C(N)N)o1. The van der Waals surface area contributed by atoms with Crippen molar-refractivity contribution in [2.45, 2.75) is 13.3 Å². The van der Waals surface area contributed by atoms with E-state index in [0.29, 0.717) is 5.76 Å². The fraction of sp³-hybridized carbons (Fsp3) is 0.250. The summed E-state index contributed by atoms with van der Waals surface area (Å²) in [5.41, 5.74) is 10.1. The van der Waals surface area contributed by atoms with Crippen molar-refractivity contribution in [2.24, 2.45) is 21.7 Å². The molecule has 0 saturated carbocycles. The van der Waals surface area contributed by atoms with Gasteiger partial charge in [0.05, 0.1) is 6.21 Å². The minimum Gasteiger partial charge on any atom is -0.460 e. The first-order valence-corrected chi connectivity index (χ1v) is 3.93. The van der Waals surface area contributed by atoms with E-state index in [1.54, 1.807) is 0 Å². The van der Waals surface area contributed by atoms with Crippen molar-refractivity contribution in [2.75, 3.05) is 0 Å². The standard InChI is InChI=1S/C8H12N4O/c1-2-6-3-4-7(13-6)5-11-12-8(9)10/h3-5H,2H2,1H3,(H4,9,10,12). The van der Waals surface area contributed by atoms with Crippen LogP contribution in [0, 0.1) is 0 Å². The van der Waals surface area contributed by atoms with E-state index in [4.69, 9.17) is 15.9 Å². The Labute approximate surface area is 76.1 Å². The van der Waals surface area contributed by atoms with Crippen LogP contribution in [0.5, 0.6) is 0 Å². The van der Waals surface area contributed by atoms with Crippen molar-refractivity contribution in [3.63, 3.8) is 0 Å². The Balaban J connectivity index is 2.64. The molecule has 5 heteroatoms. The third-order valence-corrected chi connectivity index (χ3v) is 1.39. The number of aryl methyl sites for hydroxylation is 1. The van der Waals surface area contributed by atoms with Gasteiger partial charge in [0.15, 0.2) is 0 Å². The largest absolute Gasteiger partial charge is 0.460 e. The van der Waals surface area contributed by atoms with Gasteiger partial charge in [0.25, 0.3) is 0 Å². The molecule has 1 rings (SSSR count). The van der Waals surface area contributed by atoms with Crippen LogP contribution < -0.4 is 11.5 Å². The summed E-state index contributed by atoms with van der Waals surface area (Å²) in [6.07, 6.45) is 2.31. The Morgan fingerprint density at radius 1 is 1.54 bits per heavy atom. The molecule has 1 heterocycles. The Kier molecular flexibility index (Phi) is 3.08. The van der Waals surface area contributed by atoms with Gasteiger partial charge in [0, 0.05) is 6.42 Å². The number of furan rings is 1. The van der Waals surface area contributed by atoms with Crippen LogP contribution in [-0.2, 0) is 6.42 Å². The molecule has 0 unspecified atom stereocenters. The van der Waals surface area contributed by atoms with Crippen molar-refractivity contribution in [3.8, 4) is 0 Å². The molecule has 0 spiro atoms. The molecule has 0 radical (unpaired) electrons. The van der Waals surface area contributed by atoms with Crippen molar-refractivity contribution in [1.82, 2.24) is 0 Å². The number of rotatable bonds is 3. The highest BCUT2D eigenvalue weighted by molar-refractivity contribution is 5.79. The lowest BCUT2D eigenvalue weighted by atomic mass is 10.4. The van der Waals surface area contributed by atoms with Gasteiger partial charge in [-0.2, -0.15) is 5.10 Å². The molecule has 0 saturated heterocycles. The van der Waals surface area contributed by atoms with E-state index in [2.05, 4.69) is 10.2 Å². The zero-order valence-electron chi connectivity index (χ0n) is 7.40. The molecular weight excluding hydrogens is 168 g/mol. The number of nitrogens with zero attached hydrogens (tertiary/aromatic N) is 2. The molecular formula is C8H12N4O. The first-order chi connectivity index (χ1) is 6.22. The average Bonchev–Trinajstić information content (AvgIpc) is 2.52. The van der Waals surface area contributed by atoms with Gasteiger partial charge >= 0.3 is 0 Å². The maximum absolute atomic E-state index is 5.31. The second kappa shape index (κ2) is 4.30. The highest BCUT2D eigenvalue weighted by Crippen LogP contribution is 2.05. The van der Waals surface area contributed by atoms with E-state index in [0.717, 1.165) is 12.2 Å². The molecule has 0 aliphatic rings. The van der Waals surface area contributed by atoms with Gasteiger partial charge in [-0.3, -0.25) is 0 Å². The monoisotopic (exact) mass is 180 g/mol. The van der Waals surface area contributed by atoms with Gasteiger partial charge in [0.2, 0.25) is 5.96 Å². The Hall–Kier alpha value is -1.78. The van der Waals surface area contributed by atoms with E-state index in [9.17, 15) is 0 Å². The van der Waals surface area contributed by atoms with Gasteiger partial charge in [-0.05, 0) is 12.1 Å². The molecule has 0 aliphatic carbocycles. The lowest BCUT2D eigenvalue weighted by Crippen LogP contribution is -2.21. The maximum Gasteiger partial charge on any atom is 0.211 e. The topological polar surface area (TPSA) is 89.9 Å². The number of hydrogen-bond donors (Lipinski definition) is 2. The van der Waals surface area contributed by atoms with Crippen LogP contribution in [0.1, 0.15) is 18.4 Å². The van der Waals surface area contributed by atoms with Crippen molar-refractivity contribution in [3.05, 3.63) is 23.7 Å². The van der Waals surface area contributed by atoms with E-state index < -0.39 is 0 Å². The fourth-order valence-electron chi connectivity index (χ4n) is 0.806. The third kappa shape index (κ3) is 2.98. The van der Waals surface area contributed by atoms with Crippen LogP contribution in [-0.4, -0.2) is 12.2 Å². The van der Waals surface area contributed by atoms with Gasteiger partial charge in [-0.1, -0.05) is 6.92 Å². The zero-order valence-corrected chi connectivity index (χ0v) is 7.40. The van der Waals surface area contributed by atoms with E-state index in [1.807, 2.05) is 19.1 Å². The summed E-state index contributed by atoms with van der Waals surface area (Å²) in [7, 11) is 0. The molecule has 5 nitrogen and oxygen atoms in total. The van der Waals surface area contributed by atoms with Crippen molar-refractivity contribution < 1.29 is 4.42 Å². The summed E-state index contributed by atoms with van der Waals surface area (Å²) in [6.45, 7) is 2.01. The van der Waals surface area contributed by atoms with Crippen LogP contribution in [0.15, 0.2) is 26.8 Å². The summed E-state index contributed by atoms with van der Waals surface area (Å²) in [5, 5.41) is 7.04. The summed E-state index contributed by atoms with van der Waals surface area (Å²) in [4.78, 5) is 0. The Bertz CT molecular complexity index is 323. The predicted molar refractivity (Wildman–Crippen MR) is 51.5 cm³/mol. The van der Waals surface area contributed by atoms with E-state index in [1.165, 1.54) is 6.21 Å². The quantitative estimate of drug-likeness (QED) is 0.402. The van der Waals surface area contributed by atoms with Gasteiger partial charge in [0.1, 0.15) is 11.5 Å². The highest BCUT2D eigenvalue weighted by Gasteiger charge is 1.95. The molecule has 0 aliphatic heterocycles. The first-order valence-electron chi connectivity index (χ1n) is 3.93. The number of hydrogen-bond acceptors (Lipinski definition) is 3. The molecule has 4 N–H and O–H groups in total. The summed E-state index contributed by atoms with van der Waals surface area (Å²) >= 11 is 0. The molecule has 1 aromatic heterocycles. The number of nitrogens with two attached hydrogens (primary N) is 2. The van der Waals surface area contributed by atoms with Crippen LogP contribution in [0.2, 0.25) is 0 Å². The molecule has 0 atom stereocenters. The second-order valence-corrected chi connectivity index (χ2v) is 2.43. The molecule has 0 fully saturated rings. The van der Waals surface area contributed by atoms with Crippen LogP contribution in [0.3, 0.4) is 0 Å². The fourth-order valence-corrected chi connectivity index (χ4v) is 0.806. The van der Waals surface area contributed by atoms with E-state index in [-0.39, 0.29) is 5.96 Å². The maximum atomic E-state index is 5.31. The van der Waals surface area contributed by atoms with Gasteiger partial charge in [-0.25, -0.2) is 0 Å². The molecule has 70 valence electrons. The van der Waals surface area contributed by atoms with Crippen molar-refractivity contribution >= 4 is 12.2 Å². The third-order valence-electron chi connectivity index (χ3n) is 1.39. The minimum atomic E-state index is -0.0708. The normalized spacial score (nSPS) is 10.5. The summed E-state index contributed by atoms with van der Waals surface area (Å²) < 4.78 is 5.31. The summed E-state index contributed by atoms with van der Waals surface area (Å²) in [6, 6.07) is 3.70. The van der Waals surface area contributed by atoms with Crippen LogP contribution >= 0.6 is 0 Å². The van der Waals surface area contributed by atoms with Crippen molar-refractivity contribution in [1.29, 1.82) is 0 Å². The first kappa shape index (κ1) is 9.31. The average molecular weight is 180 g/mol. The minimum absolute atomic E-state index is 0.0708. The smallest absolute Gasteiger partial charge is 0.211 e. The van der Waals surface area contributed by atoms with Crippen LogP contribution in [0.25, 0.3) is 0 Å². The second-order valence-electron chi connectivity index (χ2n) is 2.43. The lowest BCUT2D eigenvalue weighted by molar-refractivity contribution is 0.510. The van der Waals surface area contributed by atoms with Gasteiger partial charge < -0.3 is 15.9 Å². The highest BCUT2D eigenvalue weighted by atomic mass is 16.3. The van der Waals surface area contributed by atoms with E-state index >= 15 is 0 Å². The predicted octanol–water partition coefficient (Wildman–Crippen LogP) is 0.449. The molecule has 0 amide bonds. The Morgan fingerprint density at radius 3 is 2.85 bits per heavy atom. The summed E-state index contributed by atoms with van der Waals surface area (Å²) in [5.74, 6) is 1.48. The molecule has 0 aromatic carbocycles. The van der Waals surface area contributed by atoms with Crippen LogP contribution in [0.4, 0.5) is 0 Å². The number of guanidine groups is 1. The Morgan fingerprint density at radius 2 is 2.31 bits per heavy atom. The zero-order chi connectivity index (χ0) is 9.68. The molecule has 13 heavy (non-hydrogen) atoms. The van der Waals surface area contributed by atoms with Gasteiger partial charge in [-0.15, -0.1) is 5.10 Å².